The lowest BCUT2D eigenvalue weighted by molar-refractivity contribution is 0.254. The van der Waals surface area contributed by atoms with Crippen LogP contribution in [0.5, 0.6) is 0 Å². The first-order valence-electron chi connectivity index (χ1n) is 11.5. The van der Waals surface area contributed by atoms with Crippen LogP contribution in [0.1, 0.15) is 95.1 Å². The lowest BCUT2D eigenvalue weighted by Crippen LogP contribution is -2.15. The molecule has 0 heterocycles. The number of aryl methyl sites for hydroxylation is 2. The Morgan fingerprint density at radius 1 is 0.929 bits per heavy atom. The standard InChI is InChI=1S/C26H38FN/c1-2-3-4-5-6-8-22-11-15-24(16-12-22)19-20-25-17-13-23(14-18-25)9-7-10-26(27)21-28/h10-12,15-16,23,25H,2-9,13-14,17-20H2,1H3/b26-10-. The average Bonchev–Trinajstić information content (AvgIpc) is 2.73. The third-order valence-corrected chi connectivity index (χ3v) is 6.40. The molecule has 0 spiro atoms. The largest absolute Gasteiger partial charge is 0.196 e. The normalized spacial score (nSPS) is 20.1. The summed E-state index contributed by atoms with van der Waals surface area (Å²) in [6.07, 6.45) is 18.8. The van der Waals surface area contributed by atoms with E-state index in [0.717, 1.165) is 18.3 Å². The molecule has 0 amide bonds. The highest BCUT2D eigenvalue weighted by atomic mass is 19.1. The highest BCUT2D eigenvalue weighted by molar-refractivity contribution is 5.22. The highest BCUT2D eigenvalue weighted by Crippen LogP contribution is 2.34. The van der Waals surface area contributed by atoms with Gasteiger partial charge in [0.25, 0.3) is 0 Å². The number of hydrogen-bond donors (Lipinski definition) is 0. The zero-order chi connectivity index (χ0) is 20.0. The second-order valence-corrected chi connectivity index (χ2v) is 8.65. The van der Waals surface area contributed by atoms with Crippen LogP contribution in [0.2, 0.25) is 0 Å². The van der Waals surface area contributed by atoms with E-state index >= 15 is 0 Å². The van der Waals surface area contributed by atoms with Crippen LogP contribution in [0.15, 0.2) is 36.2 Å². The van der Waals surface area contributed by atoms with Crippen molar-refractivity contribution in [3.05, 3.63) is 47.3 Å². The molecule has 1 aliphatic carbocycles. The molecule has 0 bridgehead atoms. The Kier molecular flexibility index (Phi) is 11.0. The first-order valence-corrected chi connectivity index (χ1v) is 11.5. The lowest BCUT2D eigenvalue weighted by atomic mass is 9.78. The minimum Gasteiger partial charge on any atom is -0.195 e. The van der Waals surface area contributed by atoms with Crippen molar-refractivity contribution in [2.45, 2.75) is 96.8 Å². The highest BCUT2D eigenvalue weighted by Gasteiger charge is 2.20. The predicted octanol–water partition coefficient (Wildman–Crippen LogP) is 8.10. The molecule has 2 heteroatoms. The molecule has 2 rings (SSSR count). The van der Waals surface area contributed by atoms with E-state index in [1.165, 1.54) is 94.3 Å². The van der Waals surface area contributed by atoms with Crippen molar-refractivity contribution < 1.29 is 4.39 Å². The van der Waals surface area contributed by atoms with Crippen molar-refractivity contribution in [3.8, 4) is 6.07 Å². The zero-order valence-electron chi connectivity index (χ0n) is 17.8. The van der Waals surface area contributed by atoms with Gasteiger partial charge in [0.2, 0.25) is 0 Å². The maximum absolute atomic E-state index is 12.8. The van der Waals surface area contributed by atoms with Crippen LogP contribution in [0.3, 0.4) is 0 Å². The molecule has 0 aromatic heterocycles. The second kappa shape index (κ2) is 13.5. The minimum atomic E-state index is -0.629. The number of nitriles is 1. The second-order valence-electron chi connectivity index (χ2n) is 8.65. The molecule has 154 valence electrons. The van der Waals surface area contributed by atoms with Gasteiger partial charge in [-0.25, -0.2) is 0 Å². The van der Waals surface area contributed by atoms with E-state index in [0.29, 0.717) is 6.42 Å². The third kappa shape index (κ3) is 9.05. The van der Waals surface area contributed by atoms with E-state index in [-0.39, 0.29) is 0 Å². The van der Waals surface area contributed by atoms with Crippen LogP contribution in [-0.4, -0.2) is 0 Å². The van der Waals surface area contributed by atoms with Crippen LogP contribution in [-0.2, 0) is 12.8 Å². The molecular formula is C26H38FN. The Balaban J connectivity index is 1.60. The van der Waals surface area contributed by atoms with Gasteiger partial charge in [0.15, 0.2) is 5.83 Å². The smallest absolute Gasteiger partial charge is 0.195 e. The van der Waals surface area contributed by atoms with Gasteiger partial charge >= 0.3 is 0 Å². The summed E-state index contributed by atoms with van der Waals surface area (Å²) < 4.78 is 12.8. The van der Waals surface area contributed by atoms with Crippen molar-refractivity contribution in [1.29, 1.82) is 5.26 Å². The molecule has 0 aliphatic heterocycles. The van der Waals surface area contributed by atoms with E-state index in [9.17, 15) is 4.39 Å². The van der Waals surface area contributed by atoms with Gasteiger partial charge in [0.1, 0.15) is 6.07 Å². The van der Waals surface area contributed by atoms with Crippen molar-refractivity contribution in [2.24, 2.45) is 11.8 Å². The summed E-state index contributed by atoms with van der Waals surface area (Å²) >= 11 is 0. The maximum Gasteiger partial charge on any atom is 0.196 e. The van der Waals surface area contributed by atoms with Gasteiger partial charge in [0, 0.05) is 0 Å². The number of rotatable bonds is 12. The molecule has 28 heavy (non-hydrogen) atoms. The first kappa shape index (κ1) is 22.7. The molecule has 1 fully saturated rings. The van der Waals surface area contributed by atoms with Crippen molar-refractivity contribution in [3.63, 3.8) is 0 Å². The summed E-state index contributed by atoms with van der Waals surface area (Å²) in [4.78, 5) is 0. The van der Waals surface area contributed by atoms with Gasteiger partial charge in [-0.15, -0.1) is 0 Å². The predicted molar refractivity (Wildman–Crippen MR) is 117 cm³/mol. The SMILES string of the molecule is CCCCCCCc1ccc(CCC2CCC(CC/C=C(\F)C#N)CC2)cc1. The summed E-state index contributed by atoms with van der Waals surface area (Å²) in [5, 5.41) is 8.45. The summed E-state index contributed by atoms with van der Waals surface area (Å²) in [6, 6.07) is 10.9. The number of hydrogen-bond acceptors (Lipinski definition) is 1. The van der Waals surface area contributed by atoms with Gasteiger partial charge in [0.05, 0.1) is 0 Å². The summed E-state index contributed by atoms with van der Waals surface area (Å²) in [5.74, 6) is 0.938. The van der Waals surface area contributed by atoms with Crippen molar-refractivity contribution in [2.75, 3.05) is 0 Å². The van der Waals surface area contributed by atoms with Crippen LogP contribution >= 0.6 is 0 Å². The van der Waals surface area contributed by atoms with Gasteiger partial charge in [-0.1, -0.05) is 82.6 Å². The fourth-order valence-corrected chi connectivity index (χ4v) is 4.48. The quantitative estimate of drug-likeness (QED) is 0.264. The fourth-order valence-electron chi connectivity index (χ4n) is 4.48. The molecule has 1 aromatic rings. The summed E-state index contributed by atoms with van der Waals surface area (Å²) in [5.41, 5.74) is 2.97. The Hall–Kier alpha value is -1.62. The van der Waals surface area contributed by atoms with Crippen LogP contribution in [0.4, 0.5) is 4.39 Å². The third-order valence-electron chi connectivity index (χ3n) is 6.40. The van der Waals surface area contributed by atoms with E-state index in [1.807, 2.05) is 0 Å². The van der Waals surface area contributed by atoms with Crippen LogP contribution in [0.25, 0.3) is 0 Å². The Morgan fingerprint density at radius 2 is 1.50 bits per heavy atom. The van der Waals surface area contributed by atoms with Crippen LogP contribution in [0, 0.1) is 23.2 Å². The van der Waals surface area contributed by atoms with Crippen molar-refractivity contribution in [1.82, 2.24) is 0 Å². The summed E-state index contributed by atoms with van der Waals surface area (Å²) in [6.45, 7) is 2.27. The average molecular weight is 384 g/mol. The monoisotopic (exact) mass is 383 g/mol. The molecule has 0 atom stereocenters. The molecular weight excluding hydrogens is 345 g/mol. The fraction of sp³-hybridized carbons (Fsp3) is 0.654. The lowest BCUT2D eigenvalue weighted by Gasteiger charge is -2.28. The molecule has 0 unspecified atom stereocenters. The number of nitrogens with zero attached hydrogens (tertiary/aromatic N) is 1. The van der Waals surface area contributed by atoms with Gasteiger partial charge in [-0.05, 0) is 67.6 Å². The Morgan fingerprint density at radius 3 is 2.11 bits per heavy atom. The number of halogens is 1. The van der Waals surface area contributed by atoms with Gasteiger partial charge in [-0.3, -0.25) is 0 Å². The molecule has 0 saturated heterocycles. The van der Waals surface area contributed by atoms with Crippen molar-refractivity contribution >= 4 is 0 Å². The van der Waals surface area contributed by atoms with E-state index in [2.05, 4.69) is 31.2 Å². The first-order chi connectivity index (χ1) is 13.7. The molecule has 1 saturated carbocycles. The molecule has 1 aliphatic rings. The van der Waals surface area contributed by atoms with E-state index in [1.54, 1.807) is 6.07 Å². The van der Waals surface area contributed by atoms with Gasteiger partial charge in [-0.2, -0.15) is 9.65 Å². The Labute approximate surface area is 172 Å². The minimum absolute atomic E-state index is 0.629. The van der Waals surface area contributed by atoms with Gasteiger partial charge < -0.3 is 0 Å². The molecule has 0 N–H and O–H groups in total. The Bertz CT molecular complexity index is 602. The topological polar surface area (TPSA) is 23.8 Å². The van der Waals surface area contributed by atoms with E-state index in [4.69, 9.17) is 5.26 Å². The number of allylic oxidation sites excluding steroid dienone is 2. The van der Waals surface area contributed by atoms with Crippen LogP contribution < -0.4 is 0 Å². The number of unbranched alkanes of at least 4 members (excludes halogenated alkanes) is 4. The molecule has 1 aromatic carbocycles. The maximum atomic E-state index is 12.8. The molecule has 0 radical (unpaired) electrons. The number of benzene rings is 1. The van der Waals surface area contributed by atoms with E-state index < -0.39 is 5.83 Å². The molecule has 1 nitrogen and oxygen atoms in total. The summed E-state index contributed by atoms with van der Waals surface area (Å²) in [7, 11) is 0. The zero-order valence-corrected chi connectivity index (χ0v) is 17.8.